The first-order valence-electron chi connectivity index (χ1n) is 6.39. The number of halogens is 2. The topological polar surface area (TPSA) is 45.1 Å². The highest BCUT2D eigenvalue weighted by Gasteiger charge is 2.05. The van der Waals surface area contributed by atoms with E-state index in [1.807, 2.05) is 36.4 Å². The number of pyridine rings is 1. The van der Waals surface area contributed by atoms with Crippen LogP contribution in [0.1, 0.15) is 5.56 Å². The van der Waals surface area contributed by atoms with Crippen LogP contribution in [-0.2, 0) is 6.54 Å². The molecule has 0 radical (unpaired) electrons. The lowest BCUT2D eigenvalue weighted by atomic mass is 10.1. The average molecular weight is 408 g/mol. The van der Waals surface area contributed by atoms with E-state index in [1.54, 1.807) is 12.3 Å². The van der Waals surface area contributed by atoms with E-state index in [0.29, 0.717) is 6.54 Å². The van der Waals surface area contributed by atoms with E-state index in [2.05, 4.69) is 42.2 Å². The summed E-state index contributed by atoms with van der Waals surface area (Å²) in [6.07, 6.45) is 1.78. The quantitative estimate of drug-likeness (QED) is 0.636. The van der Waals surface area contributed by atoms with Gasteiger partial charge in [0.25, 0.3) is 0 Å². The van der Waals surface area contributed by atoms with Crippen LogP contribution in [0.25, 0.3) is 10.9 Å². The summed E-state index contributed by atoms with van der Waals surface area (Å²) in [6, 6.07) is 13.4. The van der Waals surface area contributed by atoms with Gasteiger partial charge in [0.05, 0.1) is 11.2 Å². The number of nitrogens with one attached hydrogen (secondary N) is 1. The van der Waals surface area contributed by atoms with Crippen molar-refractivity contribution in [1.29, 1.82) is 0 Å². The Labute approximate surface area is 139 Å². The van der Waals surface area contributed by atoms with Crippen molar-refractivity contribution in [3.63, 3.8) is 0 Å². The lowest BCUT2D eigenvalue weighted by Crippen LogP contribution is -2.01. The van der Waals surface area contributed by atoms with Gasteiger partial charge >= 0.3 is 0 Å². The van der Waals surface area contributed by atoms with Crippen molar-refractivity contribution in [3.05, 3.63) is 63.2 Å². The van der Waals surface area contributed by atoms with Crippen molar-refractivity contribution in [2.75, 3.05) is 5.32 Å². The van der Waals surface area contributed by atoms with Gasteiger partial charge < -0.3 is 10.4 Å². The average Bonchev–Trinajstić information content (AvgIpc) is 2.47. The zero-order valence-electron chi connectivity index (χ0n) is 11.0. The van der Waals surface area contributed by atoms with Gasteiger partial charge in [0.15, 0.2) is 0 Å². The molecule has 2 N–H and O–H groups in total. The standard InChI is InChI=1S/C16H12Br2N2O/c17-12-4-5-15(21)11(7-12)8-19-14-3-1-2-10-6-13(18)9-20-16(10)14/h1-7,9,19,21H,8H2. The van der Waals surface area contributed by atoms with Gasteiger partial charge in [0.2, 0.25) is 0 Å². The van der Waals surface area contributed by atoms with E-state index < -0.39 is 0 Å². The maximum absolute atomic E-state index is 9.88. The minimum atomic E-state index is 0.279. The van der Waals surface area contributed by atoms with Gasteiger partial charge in [0.1, 0.15) is 5.75 Å². The summed E-state index contributed by atoms with van der Waals surface area (Å²) in [5.41, 5.74) is 2.69. The lowest BCUT2D eigenvalue weighted by Gasteiger charge is -2.11. The van der Waals surface area contributed by atoms with E-state index >= 15 is 0 Å². The van der Waals surface area contributed by atoms with Crippen molar-refractivity contribution in [1.82, 2.24) is 4.98 Å². The van der Waals surface area contributed by atoms with Crippen LogP contribution in [0.3, 0.4) is 0 Å². The number of nitrogens with zero attached hydrogens (tertiary/aromatic N) is 1. The maximum Gasteiger partial charge on any atom is 0.120 e. The fourth-order valence-corrected chi connectivity index (χ4v) is 2.92. The Bertz CT molecular complexity index is 805. The molecule has 21 heavy (non-hydrogen) atoms. The van der Waals surface area contributed by atoms with Gasteiger partial charge in [0, 0.05) is 32.6 Å². The number of aromatic hydroxyl groups is 1. The number of phenols is 1. The Morgan fingerprint density at radius 3 is 2.76 bits per heavy atom. The first kappa shape index (κ1) is 14.4. The van der Waals surface area contributed by atoms with Crippen LogP contribution < -0.4 is 5.32 Å². The smallest absolute Gasteiger partial charge is 0.120 e. The molecule has 0 bridgehead atoms. The van der Waals surface area contributed by atoms with E-state index in [1.165, 1.54) is 0 Å². The summed E-state index contributed by atoms with van der Waals surface area (Å²) in [5, 5.41) is 14.3. The summed E-state index contributed by atoms with van der Waals surface area (Å²) >= 11 is 6.84. The Morgan fingerprint density at radius 2 is 1.90 bits per heavy atom. The molecule has 0 unspecified atom stereocenters. The molecule has 0 fully saturated rings. The van der Waals surface area contributed by atoms with Crippen LogP contribution in [0.2, 0.25) is 0 Å². The molecule has 0 aliphatic carbocycles. The molecular weight excluding hydrogens is 396 g/mol. The van der Waals surface area contributed by atoms with Crippen LogP contribution in [-0.4, -0.2) is 10.1 Å². The molecule has 0 amide bonds. The molecule has 0 spiro atoms. The Kier molecular flexibility index (Phi) is 4.12. The normalized spacial score (nSPS) is 10.8. The van der Waals surface area contributed by atoms with Crippen molar-refractivity contribution >= 4 is 48.5 Å². The Hall–Kier alpha value is -1.59. The highest BCUT2D eigenvalue weighted by Crippen LogP contribution is 2.26. The minimum Gasteiger partial charge on any atom is -0.508 e. The SMILES string of the molecule is Oc1ccc(Br)cc1CNc1cccc2cc(Br)cnc12. The van der Waals surface area contributed by atoms with E-state index in [0.717, 1.165) is 31.1 Å². The largest absolute Gasteiger partial charge is 0.508 e. The third-order valence-electron chi connectivity index (χ3n) is 3.19. The molecule has 3 aromatic rings. The van der Waals surface area contributed by atoms with E-state index in [-0.39, 0.29) is 5.75 Å². The van der Waals surface area contributed by atoms with Gasteiger partial charge in [-0.25, -0.2) is 0 Å². The molecule has 2 aromatic carbocycles. The second kappa shape index (κ2) is 6.03. The second-order valence-electron chi connectivity index (χ2n) is 4.66. The van der Waals surface area contributed by atoms with Gasteiger partial charge in [-0.15, -0.1) is 0 Å². The third kappa shape index (κ3) is 3.19. The number of rotatable bonds is 3. The van der Waals surface area contributed by atoms with Gasteiger partial charge in [-0.1, -0.05) is 28.1 Å². The fraction of sp³-hybridized carbons (Fsp3) is 0.0625. The minimum absolute atomic E-state index is 0.279. The lowest BCUT2D eigenvalue weighted by molar-refractivity contribution is 0.469. The van der Waals surface area contributed by atoms with Crippen molar-refractivity contribution in [2.24, 2.45) is 0 Å². The molecule has 1 aromatic heterocycles. The molecule has 0 aliphatic heterocycles. The Morgan fingerprint density at radius 1 is 1.05 bits per heavy atom. The number of benzene rings is 2. The van der Waals surface area contributed by atoms with Crippen LogP contribution in [0.15, 0.2) is 57.6 Å². The van der Waals surface area contributed by atoms with Crippen molar-refractivity contribution in [3.8, 4) is 5.75 Å². The zero-order valence-corrected chi connectivity index (χ0v) is 14.1. The predicted molar refractivity (Wildman–Crippen MR) is 92.6 cm³/mol. The second-order valence-corrected chi connectivity index (χ2v) is 6.49. The van der Waals surface area contributed by atoms with Crippen LogP contribution >= 0.6 is 31.9 Å². The predicted octanol–water partition coefficient (Wildman–Crippen LogP) is 5.08. The number of phenolic OH excluding ortho intramolecular Hbond substituents is 1. The molecule has 0 aliphatic rings. The van der Waals surface area contributed by atoms with Crippen LogP contribution in [0.5, 0.6) is 5.75 Å². The number of fused-ring (bicyclic) bond motifs is 1. The molecule has 0 saturated heterocycles. The molecule has 5 heteroatoms. The van der Waals surface area contributed by atoms with E-state index in [9.17, 15) is 5.11 Å². The summed E-state index contributed by atoms with van der Waals surface area (Å²) in [5.74, 6) is 0.279. The van der Waals surface area contributed by atoms with E-state index in [4.69, 9.17) is 0 Å². The molecule has 1 heterocycles. The molecule has 3 nitrogen and oxygen atoms in total. The van der Waals surface area contributed by atoms with Crippen LogP contribution in [0, 0.1) is 0 Å². The molecule has 106 valence electrons. The molecular formula is C16H12Br2N2O. The summed E-state index contributed by atoms with van der Waals surface area (Å²) in [7, 11) is 0. The highest BCUT2D eigenvalue weighted by atomic mass is 79.9. The fourth-order valence-electron chi connectivity index (χ4n) is 2.16. The molecule has 0 atom stereocenters. The third-order valence-corrected chi connectivity index (χ3v) is 4.12. The first-order valence-corrected chi connectivity index (χ1v) is 7.97. The Balaban J connectivity index is 1.90. The number of hydrogen-bond acceptors (Lipinski definition) is 3. The number of anilines is 1. The number of hydrogen-bond donors (Lipinski definition) is 2. The maximum atomic E-state index is 9.88. The monoisotopic (exact) mass is 406 g/mol. The highest BCUT2D eigenvalue weighted by molar-refractivity contribution is 9.10. The summed E-state index contributed by atoms with van der Waals surface area (Å²) in [6.45, 7) is 0.530. The molecule has 0 saturated carbocycles. The van der Waals surface area contributed by atoms with Gasteiger partial charge in [-0.3, -0.25) is 4.98 Å². The van der Waals surface area contributed by atoms with Gasteiger partial charge in [-0.2, -0.15) is 0 Å². The molecule has 3 rings (SSSR count). The van der Waals surface area contributed by atoms with Crippen molar-refractivity contribution < 1.29 is 5.11 Å². The van der Waals surface area contributed by atoms with Crippen LogP contribution in [0.4, 0.5) is 5.69 Å². The summed E-state index contributed by atoms with van der Waals surface area (Å²) < 4.78 is 1.90. The van der Waals surface area contributed by atoms with Gasteiger partial charge in [-0.05, 0) is 46.3 Å². The van der Waals surface area contributed by atoms with Crippen molar-refractivity contribution in [2.45, 2.75) is 6.54 Å². The number of para-hydroxylation sites is 1. The number of aromatic nitrogens is 1. The summed E-state index contributed by atoms with van der Waals surface area (Å²) in [4.78, 5) is 4.45. The first-order chi connectivity index (χ1) is 10.1. The zero-order chi connectivity index (χ0) is 14.8.